The zero-order valence-electron chi connectivity index (χ0n) is 9.32. The van der Waals surface area contributed by atoms with Gasteiger partial charge in [0.25, 0.3) is 0 Å². The van der Waals surface area contributed by atoms with Crippen LogP contribution in [0.25, 0.3) is 0 Å². The zero-order valence-corrected chi connectivity index (χ0v) is 10.1. The van der Waals surface area contributed by atoms with Crippen LogP contribution >= 0.6 is 0 Å². The predicted octanol–water partition coefficient (Wildman–Crippen LogP) is -0.683. The van der Waals surface area contributed by atoms with Crippen LogP contribution in [0.2, 0.25) is 0 Å². The lowest BCUT2D eigenvalue weighted by Crippen LogP contribution is -2.52. The fourth-order valence-electron chi connectivity index (χ4n) is 1.50. The number of amides is 1. The second kappa shape index (κ2) is 5.46. The van der Waals surface area contributed by atoms with Crippen molar-refractivity contribution < 1.29 is 17.9 Å². The largest absolute Gasteiger partial charge is 0.452 e. The maximum atomic E-state index is 11.4. The van der Waals surface area contributed by atoms with Crippen molar-refractivity contribution in [3.63, 3.8) is 0 Å². The molecular weight excluding hydrogens is 234 g/mol. The smallest absolute Gasteiger partial charge is 0.421 e. The molecule has 7 nitrogen and oxygen atoms in total. The third-order valence-electron chi connectivity index (χ3n) is 2.39. The molecule has 1 aliphatic rings. The van der Waals surface area contributed by atoms with Crippen LogP contribution in [0.4, 0.5) is 4.79 Å². The van der Waals surface area contributed by atoms with E-state index in [1.807, 2.05) is 6.92 Å². The molecule has 1 saturated heterocycles. The maximum absolute atomic E-state index is 11.4. The summed E-state index contributed by atoms with van der Waals surface area (Å²) in [6.45, 7) is 2.60. The van der Waals surface area contributed by atoms with Gasteiger partial charge in [0.05, 0.1) is 7.11 Å². The molecule has 8 heteroatoms. The van der Waals surface area contributed by atoms with Crippen LogP contribution in [0.3, 0.4) is 0 Å². The Morgan fingerprint density at radius 2 is 2.12 bits per heavy atom. The lowest BCUT2D eigenvalue weighted by atomic mass is 10.0. The topological polar surface area (TPSA) is 96.5 Å². The van der Waals surface area contributed by atoms with Crippen LogP contribution in [0.5, 0.6) is 0 Å². The van der Waals surface area contributed by atoms with Gasteiger partial charge in [-0.2, -0.15) is 13.1 Å². The van der Waals surface area contributed by atoms with E-state index in [1.165, 1.54) is 0 Å². The lowest BCUT2D eigenvalue weighted by Gasteiger charge is -2.27. The SMILES string of the molecule is COC(=O)NS(=O)(=O)NC1CCC(C)NC1. The molecule has 0 aromatic heterocycles. The predicted molar refractivity (Wildman–Crippen MR) is 58.1 cm³/mol. The first-order valence-corrected chi connectivity index (χ1v) is 6.52. The van der Waals surface area contributed by atoms with Crippen LogP contribution in [0, 0.1) is 0 Å². The van der Waals surface area contributed by atoms with Crippen LogP contribution in [0.1, 0.15) is 19.8 Å². The van der Waals surface area contributed by atoms with Crippen LogP contribution < -0.4 is 14.8 Å². The van der Waals surface area contributed by atoms with E-state index in [9.17, 15) is 13.2 Å². The fourth-order valence-corrected chi connectivity index (χ4v) is 2.50. The number of hydrogen-bond donors (Lipinski definition) is 3. The molecule has 1 fully saturated rings. The number of hydrogen-bond acceptors (Lipinski definition) is 5. The Bertz CT molecular complexity index is 335. The quantitative estimate of drug-likeness (QED) is 0.617. The van der Waals surface area contributed by atoms with Gasteiger partial charge in [-0.15, -0.1) is 0 Å². The second-order valence-electron chi connectivity index (χ2n) is 3.80. The third-order valence-corrected chi connectivity index (χ3v) is 3.46. The van der Waals surface area contributed by atoms with Gasteiger partial charge in [0.15, 0.2) is 0 Å². The molecule has 0 radical (unpaired) electrons. The number of carbonyl (C=O) groups excluding carboxylic acids is 1. The van der Waals surface area contributed by atoms with E-state index in [4.69, 9.17) is 0 Å². The molecule has 1 amide bonds. The van der Waals surface area contributed by atoms with Crippen molar-refractivity contribution in [1.82, 2.24) is 14.8 Å². The van der Waals surface area contributed by atoms with E-state index in [0.717, 1.165) is 20.0 Å². The minimum atomic E-state index is -3.82. The first-order valence-electron chi connectivity index (χ1n) is 5.04. The summed E-state index contributed by atoms with van der Waals surface area (Å²) in [6, 6.07) is 0.202. The monoisotopic (exact) mass is 251 g/mol. The molecule has 0 bridgehead atoms. The highest BCUT2D eigenvalue weighted by molar-refractivity contribution is 7.88. The molecule has 0 saturated carbocycles. The highest BCUT2D eigenvalue weighted by atomic mass is 32.2. The lowest BCUT2D eigenvalue weighted by molar-refractivity contribution is 0.177. The number of carbonyl (C=O) groups is 1. The highest BCUT2D eigenvalue weighted by Gasteiger charge is 2.23. The summed E-state index contributed by atoms with van der Waals surface area (Å²) in [5, 5.41) is 3.15. The van der Waals surface area contributed by atoms with E-state index in [2.05, 4.69) is 14.8 Å². The Kier molecular flexibility index (Phi) is 4.51. The van der Waals surface area contributed by atoms with Crippen molar-refractivity contribution in [2.75, 3.05) is 13.7 Å². The number of methoxy groups -OCH3 is 1. The van der Waals surface area contributed by atoms with E-state index in [0.29, 0.717) is 12.6 Å². The van der Waals surface area contributed by atoms with Gasteiger partial charge in [0.1, 0.15) is 0 Å². The van der Waals surface area contributed by atoms with Crippen molar-refractivity contribution in [1.29, 1.82) is 0 Å². The number of rotatable bonds is 3. The summed E-state index contributed by atoms with van der Waals surface area (Å²) in [5.74, 6) is 0. The molecule has 0 aliphatic carbocycles. The van der Waals surface area contributed by atoms with Gasteiger partial charge in [-0.1, -0.05) is 0 Å². The number of piperidine rings is 1. The maximum Gasteiger partial charge on any atom is 0.421 e. The molecular formula is C8H17N3O4S. The molecule has 1 heterocycles. The molecule has 16 heavy (non-hydrogen) atoms. The summed E-state index contributed by atoms with van der Waals surface area (Å²) < 4.78 is 31.1. The van der Waals surface area contributed by atoms with Crippen LogP contribution in [-0.2, 0) is 14.9 Å². The Morgan fingerprint density at radius 1 is 1.44 bits per heavy atom. The first kappa shape index (κ1) is 13.2. The Labute approximate surface area is 95.1 Å². The van der Waals surface area contributed by atoms with Crippen LogP contribution in [0.15, 0.2) is 0 Å². The minimum Gasteiger partial charge on any atom is -0.452 e. The average molecular weight is 251 g/mol. The number of ether oxygens (including phenoxy) is 1. The number of nitrogens with one attached hydrogen (secondary N) is 3. The normalized spacial score (nSPS) is 26.1. The highest BCUT2D eigenvalue weighted by Crippen LogP contribution is 2.07. The van der Waals surface area contributed by atoms with E-state index in [-0.39, 0.29) is 6.04 Å². The van der Waals surface area contributed by atoms with E-state index >= 15 is 0 Å². The van der Waals surface area contributed by atoms with Gasteiger partial charge in [-0.3, -0.25) is 0 Å². The van der Waals surface area contributed by atoms with E-state index < -0.39 is 16.3 Å². The summed E-state index contributed by atoms with van der Waals surface area (Å²) in [5.41, 5.74) is 0. The summed E-state index contributed by atoms with van der Waals surface area (Å²) in [7, 11) is -2.72. The average Bonchev–Trinajstić information content (AvgIpc) is 2.20. The Hall–Kier alpha value is -0.860. The second-order valence-corrected chi connectivity index (χ2v) is 5.25. The van der Waals surface area contributed by atoms with Gasteiger partial charge in [-0.05, 0) is 19.8 Å². The van der Waals surface area contributed by atoms with Gasteiger partial charge in [0.2, 0.25) is 0 Å². The molecule has 2 unspecified atom stereocenters. The molecule has 3 N–H and O–H groups in total. The molecule has 0 aromatic rings. The molecule has 1 rings (SSSR count). The summed E-state index contributed by atoms with van der Waals surface area (Å²) >= 11 is 0. The summed E-state index contributed by atoms with van der Waals surface area (Å²) in [4.78, 5) is 10.8. The molecule has 0 aromatic carbocycles. The van der Waals surface area contributed by atoms with Crippen molar-refractivity contribution >= 4 is 16.3 Å². The Morgan fingerprint density at radius 3 is 2.62 bits per heavy atom. The minimum absolute atomic E-state index is 0.196. The van der Waals surface area contributed by atoms with Crippen molar-refractivity contribution in [3.8, 4) is 0 Å². The van der Waals surface area contributed by atoms with Crippen molar-refractivity contribution in [2.24, 2.45) is 0 Å². The van der Waals surface area contributed by atoms with Gasteiger partial charge >= 0.3 is 16.3 Å². The molecule has 0 spiro atoms. The van der Waals surface area contributed by atoms with E-state index in [1.54, 1.807) is 4.72 Å². The van der Waals surface area contributed by atoms with Crippen LogP contribution in [-0.4, -0.2) is 40.2 Å². The first-order chi connectivity index (χ1) is 7.43. The van der Waals surface area contributed by atoms with Gasteiger partial charge in [-0.25, -0.2) is 9.52 Å². The molecule has 94 valence electrons. The molecule has 2 atom stereocenters. The third kappa shape index (κ3) is 4.33. The fraction of sp³-hybridized carbons (Fsp3) is 0.875. The molecule has 1 aliphatic heterocycles. The Balaban J connectivity index is 2.44. The zero-order chi connectivity index (χ0) is 12.2. The van der Waals surface area contributed by atoms with Gasteiger partial charge < -0.3 is 10.1 Å². The van der Waals surface area contributed by atoms with Crippen molar-refractivity contribution in [3.05, 3.63) is 0 Å². The summed E-state index contributed by atoms with van der Waals surface area (Å²) in [6.07, 6.45) is 0.645. The van der Waals surface area contributed by atoms with Gasteiger partial charge in [0, 0.05) is 18.6 Å². The standard InChI is InChI=1S/C8H17N3O4S/c1-6-3-4-7(5-9-6)10-16(13,14)11-8(12)15-2/h6-7,9-10H,3-5H2,1-2H3,(H,11,12). The van der Waals surface area contributed by atoms with Crippen molar-refractivity contribution in [2.45, 2.75) is 31.8 Å².